The minimum Gasteiger partial charge on any atom is -0.351 e. The molecule has 8 heteroatoms. The molecule has 0 radical (unpaired) electrons. The number of hydrogen-bond acceptors (Lipinski definition) is 4. The molecule has 31 heavy (non-hydrogen) atoms. The number of halogens is 1. The summed E-state index contributed by atoms with van der Waals surface area (Å²) in [7, 11) is 0. The molecule has 1 aromatic carbocycles. The number of thiocarbonyl (C=S) groups is 1. The fourth-order valence-electron chi connectivity index (χ4n) is 4.26. The summed E-state index contributed by atoms with van der Waals surface area (Å²) in [6, 6.07) is 14.2. The zero-order chi connectivity index (χ0) is 21.5. The smallest absolute Gasteiger partial charge is 0.193 e. The number of benzene rings is 1. The van der Waals surface area contributed by atoms with E-state index in [1.165, 1.54) is 12.1 Å². The van der Waals surface area contributed by atoms with E-state index in [9.17, 15) is 4.39 Å². The van der Waals surface area contributed by atoms with Gasteiger partial charge in [-0.25, -0.2) is 9.37 Å². The summed E-state index contributed by atoms with van der Waals surface area (Å²) in [6.07, 6.45) is 3.60. The molecule has 2 unspecified atom stereocenters. The Hall–Kier alpha value is -3.10. The predicted molar refractivity (Wildman–Crippen MR) is 125 cm³/mol. The Morgan fingerprint density at radius 1 is 1.06 bits per heavy atom. The van der Waals surface area contributed by atoms with Gasteiger partial charge >= 0.3 is 0 Å². The largest absolute Gasteiger partial charge is 0.351 e. The van der Waals surface area contributed by atoms with Crippen molar-refractivity contribution in [3.05, 3.63) is 94.8 Å². The molecule has 1 fully saturated rings. The van der Waals surface area contributed by atoms with E-state index in [2.05, 4.69) is 44.7 Å². The summed E-state index contributed by atoms with van der Waals surface area (Å²) in [6.45, 7) is 4.18. The van der Waals surface area contributed by atoms with Gasteiger partial charge in [0.05, 0.1) is 17.8 Å². The van der Waals surface area contributed by atoms with Crippen molar-refractivity contribution in [2.45, 2.75) is 25.9 Å². The summed E-state index contributed by atoms with van der Waals surface area (Å²) < 4.78 is 15.8. The molecule has 0 aliphatic carbocycles. The molecular formula is C23H20FN5S2. The number of nitrogens with zero attached hydrogens (tertiary/aromatic N) is 4. The summed E-state index contributed by atoms with van der Waals surface area (Å²) in [5, 5.41) is 6.94. The van der Waals surface area contributed by atoms with E-state index in [4.69, 9.17) is 12.2 Å². The second-order valence-electron chi connectivity index (χ2n) is 7.45. The van der Waals surface area contributed by atoms with Crippen LogP contribution < -0.4 is 10.2 Å². The SMILES string of the molecule is Cc1cc(C2C(c3ccccn3)NC(=S)N2c2ccc(F)cc2)c(C)n1-c1nccs1. The average molecular weight is 450 g/mol. The van der Waals surface area contributed by atoms with Crippen LogP contribution in [0, 0.1) is 19.7 Å². The molecule has 4 aromatic rings. The number of pyridine rings is 1. The molecule has 1 aliphatic heterocycles. The van der Waals surface area contributed by atoms with E-state index in [1.807, 2.05) is 29.8 Å². The highest BCUT2D eigenvalue weighted by Crippen LogP contribution is 2.43. The number of anilines is 1. The van der Waals surface area contributed by atoms with Gasteiger partial charge in [0.15, 0.2) is 10.2 Å². The van der Waals surface area contributed by atoms with Gasteiger partial charge in [0.1, 0.15) is 5.82 Å². The summed E-state index contributed by atoms with van der Waals surface area (Å²) in [5.74, 6) is -0.276. The molecule has 0 saturated carbocycles. The molecule has 1 saturated heterocycles. The lowest BCUT2D eigenvalue weighted by Crippen LogP contribution is -2.29. The van der Waals surface area contributed by atoms with E-state index < -0.39 is 0 Å². The molecule has 2 atom stereocenters. The van der Waals surface area contributed by atoms with Gasteiger partial charge in [0.25, 0.3) is 0 Å². The van der Waals surface area contributed by atoms with Gasteiger partial charge in [0, 0.05) is 34.8 Å². The Kier molecular flexibility index (Phi) is 5.03. The first kappa shape index (κ1) is 19.8. The number of hydrogen-bond donors (Lipinski definition) is 1. The van der Waals surface area contributed by atoms with Gasteiger partial charge < -0.3 is 10.2 Å². The average Bonchev–Trinajstić information content (AvgIpc) is 3.47. The van der Waals surface area contributed by atoms with Crippen molar-refractivity contribution in [2.75, 3.05) is 4.90 Å². The number of aromatic nitrogens is 3. The van der Waals surface area contributed by atoms with E-state index in [0.717, 1.165) is 33.5 Å². The van der Waals surface area contributed by atoms with Crippen LogP contribution in [0.2, 0.25) is 0 Å². The van der Waals surface area contributed by atoms with E-state index in [-0.39, 0.29) is 17.9 Å². The molecule has 3 aromatic heterocycles. The van der Waals surface area contributed by atoms with Gasteiger partial charge in [-0.05, 0) is 74.1 Å². The Labute approximate surface area is 189 Å². The molecule has 0 bridgehead atoms. The summed E-state index contributed by atoms with van der Waals surface area (Å²) in [5.41, 5.74) is 5.05. The van der Waals surface area contributed by atoms with Crippen molar-refractivity contribution in [3.63, 3.8) is 0 Å². The van der Waals surface area contributed by atoms with E-state index in [1.54, 1.807) is 29.7 Å². The zero-order valence-electron chi connectivity index (χ0n) is 17.0. The lowest BCUT2D eigenvalue weighted by molar-refractivity contribution is 0.565. The van der Waals surface area contributed by atoms with Crippen LogP contribution in [0.25, 0.3) is 5.13 Å². The van der Waals surface area contributed by atoms with Crippen molar-refractivity contribution in [1.82, 2.24) is 19.9 Å². The van der Waals surface area contributed by atoms with Crippen LogP contribution in [0.3, 0.4) is 0 Å². The zero-order valence-corrected chi connectivity index (χ0v) is 18.6. The van der Waals surface area contributed by atoms with Gasteiger partial charge in [-0.15, -0.1) is 11.3 Å². The summed E-state index contributed by atoms with van der Waals surface area (Å²) in [4.78, 5) is 11.2. The number of rotatable bonds is 4. The normalized spacial score (nSPS) is 18.4. The third-order valence-electron chi connectivity index (χ3n) is 5.60. The van der Waals surface area contributed by atoms with E-state index >= 15 is 0 Å². The first-order valence-electron chi connectivity index (χ1n) is 9.89. The van der Waals surface area contributed by atoms with Crippen molar-refractivity contribution in [1.29, 1.82) is 0 Å². The minimum absolute atomic E-state index is 0.146. The first-order chi connectivity index (χ1) is 15.0. The molecule has 0 spiro atoms. The van der Waals surface area contributed by atoms with Crippen molar-refractivity contribution in [3.8, 4) is 5.13 Å². The maximum absolute atomic E-state index is 13.6. The molecule has 1 aliphatic rings. The third-order valence-corrected chi connectivity index (χ3v) is 6.67. The van der Waals surface area contributed by atoms with Gasteiger partial charge in [-0.1, -0.05) is 6.07 Å². The second-order valence-corrected chi connectivity index (χ2v) is 8.71. The molecule has 0 amide bonds. The van der Waals surface area contributed by atoms with Crippen LogP contribution in [-0.2, 0) is 0 Å². The predicted octanol–water partition coefficient (Wildman–Crippen LogP) is 5.26. The number of thiazole rings is 1. The quantitative estimate of drug-likeness (QED) is 0.431. The van der Waals surface area contributed by atoms with Crippen LogP contribution in [0.5, 0.6) is 0 Å². The van der Waals surface area contributed by atoms with Crippen molar-refractivity contribution >= 4 is 34.4 Å². The lowest BCUT2D eigenvalue weighted by atomic mass is 9.96. The maximum atomic E-state index is 13.6. The Morgan fingerprint density at radius 3 is 2.55 bits per heavy atom. The Bertz CT molecular complexity index is 1220. The highest BCUT2D eigenvalue weighted by Gasteiger charge is 2.42. The molecule has 4 heterocycles. The molecule has 5 nitrogen and oxygen atoms in total. The van der Waals surface area contributed by atoms with Crippen LogP contribution in [0.15, 0.2) is 66.3 Å². The van der Waals surface area contributed by atoms with Crippen LogP contribution >= 0.6 is 23.6 Å². The van der Waals surface area contributed by atoms with E-state index in [0.29, 0.717) is 5.11 Å². The molecule has 156 valence electrons. The number of aryl methyl sites for hydroxylation is 1. The second kappa shape index (κ2) is 7.86. The fourth-order valence-corrected chi connectivity index (χ4v) is 5.36. The monoisotopic (exact) mass is 449 g/mol. The maximum Gasteiger partial charge on any atom is 0.193 e. The van der Waals surface area contributed by atoms with Crippen LogP contribution in [0.1, 0.15) is 34.7 Å². The highest BCUT2D eigenvalue weighted by molar-refractivity contribution is 7.80. The van der Waals surface area contributed by atoms with Crippen LogP contribution in [-0.4, -0.2) is 19.6 Å². The Balaban J connectivity index is 1.68. The standard InChI is InChI=1S/C23H20FN5S2/c1-14-13-18(15(2)28(14)23-26-11-12-31-23)21-20(19-5-3-4-10-25-19)27-22(30)29(21)17-8-6-16(24)7-9-17/h3-13,20-21H,1-2H3,(H,27,30). The number of nitrogens with one attached hydrogen (secondary N) is 1. The topological polar surface area (TPSA) is 46.0 Å². The van der Waals surface area contributed by atoms with Gasteiger partial charge in [-0.3, -0.25) is 9.55 Å². The lowest BCUT2D eigenvalue weighted by Gasteiger charge is -2.28. The molecule has 1 N–H and O–H groups in total. The van der Waals surface area contributed by atoms with Crippen LogP contribution in [0.4, 0.5) is 10.1 Å². The highest BCUT2D eigenvalue weighted by atomic mass is 32.1. The summed E-state index contributed by atoms with van der Waals surface area (Å²) >= 11 is 7.35. The fraction of sp³-hybridized carbons (Fsp3) is 0.174. The Morgan fingerprint density at radius 2 is 1.87 bits per heavy atom. The minimum atomic E-state index is -0.276. The first-order valence-corrected chi connectivity index (χ1v) is 11.2. The molecule has 5 rings (SSSR count). The van der Waals surface area contributed by atoms with Crippen molar-refractivity contribution < 1.29 is 4.39 Å². The molecular weight excluding hydrogens is 429 g/mol. The van der Waals surface area contributed by atoms with Gasteiger partial charge in [-0.2, -0.15) is 0 Å². The third kappa shape index (κ3) is 3.41. The van der Waals surface area contributed by atoms with Crippen molar-refractivity contribution in [2.24, 2.45) is 0 Å². The van der Waals surface area contributed by atoms with Gasteiger partial charge in [0.2, 0.25) is 0 Å².